The molecule has 0 amide bonds. The maximum atomic E-state index is 3.75. The second-order valence-corrected chi connectivity index (χ2v) is 21.1. The van der Waals surface area contributed by atoms with Crippen LogP contribution in [0.3, 0.4) is 0 Å². The molecule has 246 valence electrons. The van der Waals surface area contributed by atoms with Crippen LogP contribution in [0.2, 0.25) is 0 Å². The molecule has 43 heavy (non-hydrogen) atoms. The minimum Gasteiger partial charge on any atom is -0.748 e. The van der Waals surface area contributed by atoms with Crippen LogP contribution in [-0.2, 0) is 33.8 Å². The molecule has 4 saturated carbocycles. The van der Waals surface area contributed by atoms with Gasteiger partial charge in [0.1, 0.15) is 0 Å². The van der Waals surface area contributed by atoms with Crippen LogP contribution in [0.5, 0.6) is 0 Å². The molecular weight excluding hydrogens is 602 g/mol. The van der Waals surface area contributed by atoms with Gasteiger partial charge in [-0.1, -0.05) is 53.1 Å². The number of hydrogen-bond donors (Lipinski definition) is 2. The predicted octanol–water partition coefficient (Wildman–Crippen LogP) is 9.00. The molecule has 2 aromatic carbocycles. The molecule has 2 aliphatic heterocycles. The topological polar surface area (TPSA) is 24.1 Å². The van der Waals surface area contributed by atoms with Crippen LogP contribution in [0.4, 0.5) is 0 Å². The van der Waals surface area contributed by atoms with Crippen molar-refractivity contribution in [2.45, 2.75) is 114 Å². The van der Waals surface area contributed by atoms with Gasteiger partial charge < -0.3 is 41.0 Å². The van der Waals surface area contributed by atoms with Crippen molar-refractivity contribution in [1.29, 1.82) is 0 Å². The van der Waals surface area contributed by atoms with Crippen LogP contribution in [0.1, 0.15) is 103 Å². The van der Waals surface area contributed by atoms with Crippen molar-refractivity contribution in [1.82, 2.24) is 10.6 Å². The average Bonchev–Trinajstić information content (AvgIpc) is 3.75. The van der Waals surface area contributed by atoms with Crippen LogP contribution >= 0.6 is 17.2 Å². The van der Waals surface area contributed by atoms with Crippen molar-refractivity contribution in [3.63, 3.8) is 0 Å². The molecule has 0 spiro atoms. The Bertz CT molecular complexity index is 1080. The van der Waals surface area contributed by atoms with Crippen molar-refractivity contribution in [2.24, 2.45) is 35.5 Å². The SMILES string of the molecule is CC(C)(C)c1cc(C(P)(C2CCNC2)C2CCNC2)[c-](CP(C2C3CC4CC(C3)CC2C4)C(C)(C)C)c1.[Fe].[cH-]1[cH-][cH-][cH-][cH-]1. The third-order valence-corrected chi connectivity index (χ3v) is 17.3. The minimum absolute atomic E-state index is 0. The fraction of sp³-hybridized carbons (Fsp3) is 0.737. The summed E-state index contributed by atoms with van der Waals surface area (Å²) in [6.07, 6.45) is 11.8. The molecule has 8 rings (SSSR count). The van der Waals surface area contributed by atoms with Gasteiger partial charge in [-0.15, -0.1) is 22.7 Å². The maximum absolute atomic E-state index is 3.75. The number of hydrogen-bond acceptors (Lipinski definition) is 2. The van der Waals surface area contributed by atoms with E-state index in [1.807, 2.05) is 30.3 Å². The fourth-order valence-corrected chi connectivity index (χ4v) is 14.7. The molecular formula is C38H60FeN2P2-6. The smallest absolute Gasteiger partial charge is 0 e. The van der Waals surface area contributed by atoms with E-state index in [1.165, 1.54) is 45.2 Å². The Morgan fingerprint density at radius 1 is 0.814 bits per heavy atom. The van der Waals surface area contributed by atoms with Crippen LogP contribution in [-0.4, -0.2) is 37.0 Å². The van der Waals surface area contributed by atoms with E-state index in [1.54, 1.807) is 48.8 Å². The van der Waals surface area contributed by atoms with E-state index in [0.717, 1.165) is 41.2 Å². The van der Waals surface area contributed by atoms with Gasteiger partial charge in [-0.3, -0.25) is 0 Å². The summed E-state index contributed by atoms with van der Waals surface area (Å²) >= 11 is 0. The van der Waals surface area contributed by atoms with Crippen LogP contribution < -0.4 is 10.6 Å². The van der Waals surface area contributed by atoms with Gasteiger partial charge in [-0.25, -0.2) is 6.07 Å². The first-order chi connectivity index (χ1) is 19.9. The Balaban J connectivity index is 0.000000559. The normalized spacial score (nSPS) is 33.9. The minimum atomic E-state index is -0.0786. The Labute approximate surface area is 278 Å². The molecule has 0 radical (unpaired) electrons. The Morgan fingerprint density at radius 2 is 1.30 bits per heavy atom. The molecule has 2 N–H and O–H groups in total. The van der Waals surface area contributed by atoms with E-state index >= 15 is 0 Å². The molecule has 0 aromatic heterocycles. The van der Waals surface area contributed by atoms with E-state index < -0.39 is 0 Å². The van der Waals surface area contributed by atoms with Gasteiger partial charge in [0, 0.05) is 17.1 Å². The van der Waals surface area contributed by atoms with Gasteiger partial charge >= 0.3 is 0 Å². The van der Waals surface area contributed by atoms with Crippen LogP contribution in [0.15, 0.2) is 42.5 Å². The molecule has 2 aromatic rings. The summed E-state index contributed by atoms with van der Waals surface area (Å²) in [4.78, 5) is 0. The van der Waals surface area contributed by atoms with E-state index in [0.29, 0.717) is 5.16 Å². The average molecular weight is 663 g/mol. The van der Waals surface area contributed by atoms with Gasteiger partial charge in [0.25, 0.3) is 0 Å². The molecule has 4 aliphatic carbocycles. The Morgan fingerprint density at radius 3 is 1.70 bits per heavy atom. The quantitative estimate of drug-likeness (QED) is 0.183. The largest absolute Gasteiger partial charge is 0.748 e. The first kappa shape index (κ1) is 34.3. The summed E-state index contributed by atoms with van der Waals surface area (Å²) in [5.41, 5.74) is 6.26. The summed E-state index contributed by atoms with van der Waals surface area (Å²) in [7, 11) is 3.46. The maximum Gasteiger partial charge on any atom is 0 e. The van der Waals surface area contributed by atoms with Crippen LogP contribution in [0.25, 0.3) is 0 Å². The Hall–Kier alpha value is -0.000519. The van der Waals surface area contributed by atoms with Gasteiger partial charge in [-0.05, 0) is 123 Å². The van der Waals surface area contributed by atoms with Gasteiger partial charge in [0.05, 0.1) is 0 Å². The molecule has 2 nitrogen and oxygen atoms in total. The van der Waals surface area contributed by atoms with Crippen molar-refractivity contribution >= 4 is 17.2 Å². The zero-order valence-corrected chi connectivity index (χ0v) is 31.1. The van der Waals surface area contributed by atoms with Crippen molar-refractivity contribution in [3.8, 4) is 0 Å². The van der Waals surface area contributed by atoms with E-state index in [9.17, 15) is 0 Å². The molecule has 5 heteroatoms. The summed E-state index contributed by atoms with van der Waals surface area (Å²) < 4.78 is 0. The summed E-state index contributed by atoms with van der Waals surface area (Å²) in [5, 5.41) is 8.10. The van der Waals surface area contributed by atoms with E-state index in [-0.39, 0.29) is 35.6 Å². The summed E-state index contributed by atoms with van der Waals surface area (Å²) in [6, 6.07) is 15.4. The van der Waals surface area contributed by atoms with Crippen LogP contribution in [0, 0.1) is 35.5 Å². The van der Waals surface area contributed by atoms with E-state index in [2.05, 4.69) is 73.5 Å². The molecule has 6 fully saturated rings. The summed E-state index contributed by atoms with van der Waals surface area (Å²) in [5.74, 6) is 5.64. The van der Waals surface area contributed by atoms with Gasteiger partial charge in [0.2, 0.25) is 0 Å². The van der Waals surface area contributed by atoms with Crippen molar-refractivity contribution in [2.75, 3.05) is 26.2 Å². The molecule has 4 atom stereocenters. The molecule has 2 heterocycles. The standard InChI is InChI=1S/C33H55N2P2.C5H5.Fe/c1-31(2,3)28-16-25(29(17-28)33(36,26-7-9-34-18-26)27-8-10-35-19-27)20-37(32(4,5)6)30-23-12-21-11-22(14-23)15-24(30)13-21;1-2-4-5-3-1;/h16-17,21-24,26-27,30,34-35H,7-15,18-20,36H2,1-6H3;1-5H;/q-1;-5;. The monoisotopic (exact) mass is 662 g/mol. The predicted molar refractivity (Wildman–Crippen MR) is 187 cm³/mol. The number of nitrogens with one attached hydrogen (secondary N) is 2. The van der Waals surface area contributed by atoms with Crippen molar-refractivity contribution < 1.29 is 17.1 Å². The first-order valence-corrected chi connectivity index (χ1v) is 19.6. The zero-order valence-electron chi connectivity index (χ0n) is 27.9. The second kappa shape index (κ2) is 13.6. The van der Waals surface area contributed by atoms with E-state index in [4.69, 9.17) is 0 Å². The third kappa shape index (κ3) is 7.14. The molecule has 6 aliphatic rings. The summed E-state index contributed by atoms with van der Waals surface area (Å²) in [6.45, 7) is 19.8. The fourth-order valence-electron chi connectivity index (χ4n) is 10.1. The number of rotatable bonds is 6. The van der Waals surface area contributed by atoms with Crippen molar-refractivity contribution in [3.05, 3.63) is 59.2 Å². The first-order valence-electron chi connectivity index (χ1n) is 17.4. The molecule has 2 saturated heterocycles. The molecule has 4 bridgehead atoms. The second-order valence-electron chi connectivity index (χ2n) is 16.9. The zero-order chi connectivity index (χ0) is 29.7. The molecule has 4 unspecified atom stereocenters. The Kier molecular flexibility index (Phi) is 10.9. The van der Waals surface area contributed by atoms with Gasteiger partial charge in [0.15, 0.2) is 0 Å². The van der Waals surface area contributed by atoms with Gasteiger partial charge in [-0.2, -0.15) is 17.2 Å². The third-order valence-electron chi connectivity index (χ3n) is 12.1.